The van der Waals surface area contributed by atoms with Gasteiger partial charge in [0.1, 0.15) is 0 Å². The first kappa shape index (κ1) is 13.3. The number of hydrogen-bond acceptors (Lipinski definition) is 2. The van der Waals surface area contributed by atoms with E-state index in [-0.39, 0.29) is 8.04 Å². The van der Waals surface area contributed by atoms with E-state index in [9.17, 15) is 4.79 Å². The summed E-state index contributed by atoms with van der Waals surface area (Å²) in [7, 11) is 0.189. The molecule has 0 aromatic heterocycles. The molecular formula is C12H20NO2P. The van der Waals surface area contributed by atoms with E-state index < -0.39 is 5.97 Å². The second-order valence-corrected chi connectivity index (χ2v) is 5.04. The molecule has 90 valence electrons. The first-order chi connectivity index (χ1) is 7.67. The van der Waals surface area contributed by atoms with E-state index in [0.29, 0.717) is 17.7 Å². The van der Waals surface area contributed by atoms with Crippen LogP contribution in [0.3, 0.4) is 0 Å². The van der Waals surface area contributed by atoms with Gasteiger partial charge < -0.3 is 10.0 Å². The predicted octanol–water partition coefficient (Wildman–Crippen LogP) is 2.00. The van der Waals surface area contributed by atoms with Gasteiger partial charge in [-0.25, -0.2) is 4.79 Å². The first-order valence-corrected chi connectivity index (χ1v) is 7.04. The lowest BCUT2D eigenvalue weighted by atomic mass is 9.95. The highest BCUT2D eigenvalue weighted by Gasteiger charge is 2.24. The van der Waals surface area contributed by atoms with Gasteiger partial charge in [-0.15, -0.1) is 8.04 Å². The van der Waals surface area contributed by atoms with E-state index in [4.69, 9.17) is 11.2 Å². The highest BCUT2D eigenvalue weighted by Crippen LogP contribution is 2.20. The highest BCUT2D eigenvalue weighted by molar-refractivity contribution is 7.26. The van der Waals surface area contributed by atoms with Crippen molar-refractivity contribution in [3.05, 3.63) is 11.6 Å². The minimum Gasteiger partial charge on any atom is -0.478 e. The van der Waals surface area contributed by atoms with Crippen molar-refractivity contribution < 1.29 is 9.90 Å². The Morgan fingerprint density at radius 2 is 2.31 bits per heavy atom. The number of nitrogens with zero attached hydrogens (tertiary/aromatic N) is 1. The Labute approximate surface area is 98.6 Å². The van der Waals surface area contributed by atoms with Crippen LogP contribution in [-0.2, 0) is 4.79 Å². The monoisotopic (exact) mass is 241 g/mol. The van der Waals surface area contributed by atoms with Crippen LogP contribution >= 0.6 is 8.04 Å². The third-order valence-corrected chi connectivity index (χ3v) is 3.42. The number of carbonyl (C=O) groups is 1. The Hall–Kier alpha value is -0.750. The van der Waals surface area contributed by atoms with E-state index in [2.05, 4.69) is 11.8 Å². The number of rotatable bonds is 6. The molecule has 0 amide bonds. The molecule has 0 saturated carbocycles. The normalized spacial score (nSPS) is 18.6. The van der Waals surface area contributed by atoms with Crippen molar-refractivity contribution in [1.29, 1.82) is 0 Å². The third-order valence-electron chi connectivity index (χ3n) is 2.84. The number of aliphatic carboxylic acids is 1. The minimum absolute atomic E-state index is 0.189. The van der Waals surface area contributed by atoms with Crippen molar-refractivity contribution in [3.63, 3.8) is 0 Å². The number of carboxylic acids is 1. The Balaban J connectivity index is 2.31. The summed E-state index contributed by atoms with van der Waals surface area (Å²) >= 11 is 0. The van der Waals surface area contributed by atoms with Crippen LogP contribution in [0.4, 0.5) is 0 Å². The molecule has 1 unspecified atom stereocenters. The van der Waals surface area contributed by atoms with Gasteiger partial charge in [-0.3, -0.25) is 0 Å². The largest absolute Gasteiger partial charge is 0.478 e. The SMILES string of the molecule is C#[PH]C/C(=C/CC1CN(CCC)C1)C(=O)O. The van der Waals surface area contributed by atoms with Crippen LogP contribution in [0.15, 0.2) is 11.6 Å². The molecular weight excluding hydrogens is 221 g/mol. The van der Waals surface area contributed by atoms with Gasteiger partial charge in [-0.2, -0.15) is 6.13 Å². The molecule has 0 aromatic carbocycles. The van der Waals surface area contributed by atoms with Crippen LogP contribution in [0.25, 0.3) is 0 Å². The van der Waals surface area contributed by atoms with Crippen LogP contribution in [0.2, 0.25) is 0 Å². The predicted molar refractivity (Wildman–Crippen MR) is 68.7 cm³/mol. The van der Waals surface area contributed by atoms with E-state index in [1.165, 1.54) is 6.42 Å². The molecule has 1 heterocycles. The molecule has 1 saturated heterocycles. The molecule has 0 aliphatic carbocycles. The number of carboxylic acid groups (broad SMARTS) is 1. The van der Waals surface area contributed by atoms with Crippen LogP contribution in [0.1, 0.15) is 19.8 Å². The van der Waals surface area contributed by atoms with Crippen LogP contribution < -0.4 is 0 Å². The van der Waals surface area contributed by atoms with Gasteiger partial charge in [0.15, 0.2) is 0 Å². The molecule has 1 atom stereocenters. The van der Waals surface area contributed by atoms with Crippen molar-refractivity contribution >= 4 is 14.0 Å². The zero-order valence-electron chi connectivity index (χ0n) is 9.78. The summed E-state index contributed by atoms with van der Waals surface area (Å²) in [4.78, 5) is 13.3. The number of allylic oxidation sites excluding steroid dienone is 1. The molecule has 16 heavy (non-hydrogen) atoms. The quantitative estimate of drug-likeness (QED) is 0.571. The average Bonchev–Trinajstić information content (AvgIpc) is 2.19. The summed E-state index contributed by atoms with van der Waals surface area (Å²) in [5.74, 6) is -0.176. The summed E-state index contributed by atoms with van der Waals surface area (Å²) in [5, 5.41) is 8.91. The van der Waals surface area contributed by atoms with Crippen molar-refractivity contribution in [1.82, 2.24) is 4.90 Å². The number of hydrogen-bond donors (Lipinski definition) is 1. The molecule has 1 fully saturated rings. The second kappa shape index (κ2) is 6.75. The van der Waals surface area contributed by atoms with E-state index in [1.54, 1.807) is 0 Å². The molecule has 1 aliphatic heterocycles. The molecule has 0 spiro atoms. The third kappa shape index (κ3) is 4.02. The van der Waals surface area contributed by atoms with Gasteiger partial charge in [-0.05, 0) is 25.3 Å². The van der Waals surface area contributed by atoms with E-state index >= 15 is 0 Å². The average molecular weight is 241 g/mol. The van der Waals surface area contributed by atoms with E-state index in [1.807, 2.05) is 6.08 Å². The van der Waals surface area contributed by atoms with Gasteiger partial charge in [0.2, 0.25) is 0 Å². The lowest BCUT2D eigenvalue weighted by molar-refractivity contribution is -0.132. The van der Waals surface area contributed by atoms with Crippen LogP contribution in [0, 0.1) is 12.0 Å². The summed E-state index contributed by atoms with van der Waals surface area (Å²) in [6.07, 6.45) is 9.83. The summed E-state index contributed by atoms with van der Waals surface area (Å²) in [6, 6.07) is 0. The van der Waals surface area contributed by atoms with Crippen LogP contribution in [-0.4, -0.2) is 41.8 Å². The van der Waals surface area contributed by atoms with Gasteiger partial charge in [0.05, 0.1) is 0 Å². The summed E-state index contributed by atoms with van der Waals surface area (Å²) in [5.41, 5.74) is 0.481. The fourth-order valence-electron chi connectivity index (χ4n) is 1.98. The smallest absolute Gasteiger partial charge is 0.331 e. The zero-order chi connectivity index (χ0) is 12.0. The van der Waals surface area contributed by atoms with Crippen molar-refractivity contribution in [2.75, 3.05) is 25.8 Å². The molecule has 1 rings (SSSR count). The van der Waals surface area contributed by atoms with Crippen LogP contribution in [0.5, 0.6) is 0 Å². The Morgan fingerprint density at radius 1 is 1.62 bits per heavy atom. The maximum atomic E-state index is 10.8. The fraction of sp³-hybridized carbons (Fsp3) is 0.667. The minimum atomic E-state index is -0.817. The number of likely N-dealkylation sites (tertiary alicyclic amines) is 1. The van der Waals surface area contributed by atoms with E-state index in [0.717, 1.165) is 26.1 Å². The Morgan fingerprint density at radius 3 is 2.81 bits per heavy atom. The molecule has 0 aromatic rings. The highest BCUT2D eigenvalue weighted by atomic mass is 31.0. The van der Waals surface area contributed by atoms with Gasteiger partial charge >= 0.3 is 5.97 Å². The van der Waals surface area contributed by atoms with Crippen molar-refractivity contribution in [2.45, 2.75) is 19.8 Å². The fourth-order valence-corrected chi connectivity index (χ4v) is 2.49. The molecule has 0 radical (unpaired) electrons. The molecule has 1 aliphatic rings. The van der Waals surface area contributed by atoms with Crippen molar-refractivity contribution in [2.24, 2.45) is 5.92 Å². The van der Waals surface area contributed by atoms with Gasteiger partial charge in [0, 0.05) is 24.8 Å². The lowest BCUT2D eigenvalue weighted by Crippen LogP contribution is -2.46. The van der Waals surface area contributed by atoms with Crippen molar-refractivity contribution in [3.8, 4) is 6.13 Å². The van der Waals surface area contributed by atoms with Gasteiger partial charge in [-0.1, -0.05) is 13.0 Å². The maximum absolute atomic E-state index is 10.8. The Kier molecular flexibility index (Phi) is 5.62. The topological polar surface area (TPSA) is 40.5 Å². The second-order valence-electron chi connectivity index (χ2n) is 4.28. The van der Waals surface area contributed by atoms with Gasteiger partial charge in [0.25, 0.3) is 0 Å². The summed E-state index contributed by atoms with van der Waals surface area (Å²) in [6.45, 7) is 5.57. The molecule has 1 N–H and O–H groups in total. The molecule has 0 bridgehead atoms. The maximum Gasteiger partial charge on any atom is 0.331 e. The standard InChI is InChI=1S/C12H20NO2P/c1-3-6-13-7-10(8-13)4-5-11(9-16-2)12(14)15/h2,5,10,16H,3-4,6-9H2,1H3,(H,14,15)/b11-5-. The summed E-state index contributed by atoms with van der Waals surface area (Å²) < 4.78 is 0. The lowest BCUT2D eigenvalue weighted by Gasteiger charge is -2.38. The molecule has 3 nitrogen and oxygen atoms in total. The molecule has 4 heteroatoms. The Bertz CT molecular complexity index is 313. The zero-order valence-corrected chi connectivity index (χ0v) is 10.8. The first-order valence-electron chi connectivity index (χ1n) is 5.75.